The number of rotatable bonds is 12. The molecule has 24 heavy (non-hydrogen) atoms. The molecule has 0 unspecified atom stereocenters. The minimum atomic E-state index is -3.55. The predicted molar refractivity (Wildman–Crippen MR) is 88.9 cm³/mol. The summed E-state index contributed by atoms with van der Waals surface area (Å²) in [4.78, 5) is 0.204. The van der Waals surface area contributed by atoms with E-state index in [-0.39, 0.29) is 4.90 Å². The van der Waals surface area contributed by atoms with Crippen molar-refractivity contribution < 1.29 is 17.9 Å². The van der Waals surface area contributed by atoms with Crippen LogP contribution in [0.2, 0.25) is 0 Å². The van der Waals surface area contributed by atoms with Gasteiger partial charge in [0, 0.05) is 25.8 Å². The van der Waals surface area contributed by atoms with Crippen LogP contribution >= 0.6 is 0 Å². The zero-order chi connectivity index (χ0) is 17.3. The summed E-state index contributed by atoms with van der Waals surface area (Å²) in [7, 11) is -3.55. The number of sulfonamides is 1. The molecule has 132 valence electrons. The molecule has 0 amide bonds. The Morgan fingerprint density at radius 1 is 1.25 bits per heavy atom. The molecule has 0 aliphatic heterocycles. The number of benzene rings is 1. The van der Waals surface area contributed by atoms with Gasteiger partial charge in [0.25, 0.3) is 0 Å². The molecular weight excluding hydrogens is 330 g/mol. The van der Waals surface area contributed by atoms with Crippen molar-refractivity contribution in [2.45, 2.75) is 24.2 Å². The lowest BCUT2D eigenvalue weighted by Crippen LogP contribution is -2.26. The SMILES string of the molecule is N#CNCCOCCCNS(=O)(=O)c1cccc(OCC2CC2)c1. The van der Waals surface area contributed by atoms with E-state index in [1.165, 1.54) is 12.8 Å². The standard InChI is InChI=1S/C16H23N3O4S/c17-13-18-8-10-22-9-2-7-19-24(20,21)16-4-1-3-15(11-16)23-12-14-5-6-14/h1,3-4,11,14,18-19H,2,5-10,12H2. The number of hydrogen-bond acceptors (Lipinski definition) is 6. The van der Waals surface area contributed by atoms with Crippen molar-refractivity contribution in [2.24, 2.45) is 5.92 Å². The fraction of sp³-hybridized carbons (Fsp3) is 0.562. The first-order chi connectivity index (χ1) is 11.6. The average Bonchev–Trinajstić information content (AvgIpc) is 3.40. The second-order valence-electron chi connectivity index (χ2n) is 5.63. The highest BCUT2D eigenvalue weighted by Crippen LogP contribution is 2.29. The Bertz CT molecular complexity index is 654. The van der Waals surface area contributed by atoms with Gasteiger partial charge in [0.1, 0.15) is 5.75 Å². The Morgan fingerprint density at radius 2 is 2.08 bits per heavy atom. The lowest BCUT2D eigenvalue weighted by Gasteiger charge is -2.09. The Morgan fingerprint density at radius 3 is 2.83 bits per heavy atom. The van der Waals surface area contributed by atoms with E-state index in [0.29, 0.717) is 51.0 Å². The number of hydrogen-bond donors (Lipinski definition) is 2. The molecule has 0 saturated heterocycles. The van der Waals surface area contributed by atoms with Gasteiger partial charge < -0.3 is 14.8 Å². The third kappa shape index (κ3) is 6.74. The van der Waals surface area contributed by atoms with Gasteiger partial charge in [0.2, 0.25) is 10.0 Å². The van der Waals surface area contributed by atoms with Crippen LogP contribution in [0, 0.1) is 17.4 Å². The van der Waals surface area contributed by atoms with Crippen LogP contribution in [0.4, 0.5) is 0 Å². The number of nitrogens with one attached hydrogen (secondary N) is 2. The third-order valence-corrected chi connectivity index (χ3v) is 4.97. The van der Waals surface area contributed by atoms with Crippen LogP contribution in [0.1, 0.15) is 19.3 Å². The molecule has 2 N–H and O–H groups in total. The van der Waals surface area contributed by atoms with E-state index in [2.05, 4.69) is 10.0 Å². The van der Waals surface area contributed by atoms with Crippen molar-refractivity contribution in [3.05, 3.63) is 24.3 Å². The van der Waals surface area contributed by atoms with Gasteiger partial charge in [0.05, 0.1) is 18.1 Å². The summed E-state index contributed by atoms with van der Waals surface area (Å²) >= 11 is 0. The highest BCUT2D eigenvalue weighted by atomic mass is 32.2. The second-order valence-corrected chi connectivity index (χ2v) is 7.40. The summed E-state index contributed by atoms with van der Waals surface area (Å²) in [5.74, 6) is 1.20. The molecule has 8 heteroatoms. The van der Waals surface area contributed by atoms with Gasteiger partial charge in [0.15, 0.2) is 6.19 Å². The quantitative estimate of drug-likeness (QED) is 0.333. The zero-order valence-electron chi connectivity index (χ0n) is 13.5. The molecular formula is C16H23N3O4S. The summed E-state index contributed by atoms with van der Waals surface area (Å²) < 4.78 is 37.9. The maximum atomic E-state index is 12.3. The molecule has 0 bridgehead atoms. The van der Waals surface area contributed by atoms with E-state index in [1.54, 1.807) is 30.5 Å². The first-order valence-corrected chi connectivity index (χ1v) is 9.52. The van der Waals surface area contributed by atoms with E-state index < -0.39 is 10.0 Å². The lowest BCUT2D eigenvalue weighted by molar-refractivity contribution is 0.137. The molecule has 0 heterocycles. The molecule has 1 aromatic carbocycles. The minimum Gasteiger partial charge on any atom is -0.493 e. The molecule has 1 aliphatic rings. The summed E-state index contributed by atoms with van der Waals surface area (Å²) in [6, 6.07) is 6.55. The smallest absolute Gasteiger partial charge is 0.240 e. The van der Waals surface area contributed by atoms with Crippen LogP contribution in [0.15, 0.2) is 29.2 Å². The average molecular weight is 353 g/mol. The van der Waals surface area contributed by atoms with E-state index in [4.69, 9.17) is 14.7 Å². The molecule has 0 aromatic heterocycles. The van der Waals surface area contributed by atoms with Crippen molar-refractivity contribution >= 4 is 10.0 Å². The van der Waals surface area contributed by atoms with Crippen molar-refractivity contribution in [3.63, 3.8) is 0 Å². The van der Waals surface area contributed by atoms with Crippen LogP contribution < -0.4 is 14.8 Å². The van der Waals surface area contributed by atoms with Gasteiger partial charge in [-0.2, -0.15) is 5.26 Å². The molecule has 7 nitrogen and oxygen atoms in total. The molecule has 1 fully saturated rings. The second kappa shape index (κ2) is 9.47. The fourth-order valence-corrected chi connectivity index (χ4v) is 3.08. The molecule has 0 spiro atoms. The topological polar surface area (TPSA) is 100 Å². The minimum absolute atomic E-state index is 0.204. The van der Waals surface area contributed by atoms with Crippen LogP contribution in [-0.4, -0.2) is 41.3 Å². The van der Waals surface area contributed by atoms with E-state index >= 15 is 0 Å². The maximum absolute atomic E-state index is 12.3. The number of nitriles is 1. The molecule has 0 radical (unpaired) electrons. The van der Waals surface area contributed by atoms with Crippen molar-refractivity contribution in [1.82, 2.24) is 10.0 Å². The molecule has 1 saturated carbocycles. The van der Waals surface area contributed by atoms with Gasteiger partial charge in [-0.1, -0.05) is 6.07 Å². The normalized spacial score (nSPS) is 14.1. The summed E-state index contributed by atoms with van der Waals surface area (Å²) in [5, 5.41) is 10.8. The van der Waals surface area contributed by atoms with Gasteiger partial charge in [-0.25, -0.2) is 13.1 Å². The first-order valence-electron chi connectivity index (χ1n) is 8.04. The van der Waals surface area contributed by atoms with Crippen molar-refractivity contribution in [1.29, 1.82) is 5.26 Å². The van der Waals surface area contributed by atoms with Crippen LogP contribution in [0.5, 0.6) is 5.75 Å². The molecule has 1 aromatic rings. The molecule has 0 atom stereocenters. The highest BCUT2D eigenvalue weighted by Gasteiger charge is 2.22. The highest BCUT2D eigenvalue weighted by molar-refractivity contribution is 7.89. The maximum Gasteiger partial charge on any atom is 0.240 e. The first kappa shape index (κ1) is 18.5. The van der Waals surface area contributed by atoms with Crippen molar-refractivity contribution in [3.8, 4) is 11.9 Å². The van der Waals surface area contributed by atoms with Gasteiger partial charge in [-0.3, -0.25) is 0 Å². The summed E-state index contributed by atoms with van der Waals surface area (Å²) in [5.41, 5.74) is 0. The van der Waals surface area contributed by atoms with Gasteiger partial charge >= 0.3 is 0 Å². The van der Waals surface area contributed by atoms with Crippen molar-refractivity contribution in [2.75, 3.05) is 32.9 Å². The van der Waals surface area contributed by atoms with E-state index in [0.717, 1.165) is 0 Å². The number of nitrogens with zero attached hydrogens (tertiary/aromatic N) is 1. The molecule has 2 rings (SSSR count). The largest absolute Gasteiger partial charge is 0.493 e. The predicted octanol–water partition coefficient (Wildman–Crippen LogP) is 1.23. The van der Waals surface area contributed by atoms with Crippen LogP contribution in [0.3, 0.4) is 0 Å². The van der Waals surface area contributed by atoms with Gasteiger partial charge in [-0.05, 0) is 37.3 Å². The van der Waals surface area contributed by atoms with E-state index in [9.17, 15) is 8.42 Å². The summed E-state index contributed by atoms with van der Waals surface area (Å²) in [6.07, 6.45) is 4.74. The number of ether oxygens (including phenoxy) is 2. The van der Waals surface area contributed by atoms with Crippen LogP contribution in [0.25, 0.3) is 0 Å². The Kier molecular flexibility index (Phi) is 7.31. The Labute approximate surface area is 143 Å². The van der Waals surface area contributed by atoms with Gasteiger partial charge in [-0.15, -0.1) is 0 Å². The van der Waals surface area contributed by atoms with E-state index in [1.807, 2.05) is 0 Å². The van der Waals surface area contributed by atoms with Crippen LogP contribution in [-0.2, 0) is 14.8 Å². The monoisotopic (exact) mass is 353 g/mol. The third-order valence-electron chi connectivity index (χ3n) is 3.51. The fourth-order valence-electron chi connectivity index (χ4n) is 1.98. The summed E-state index contributed by atoms with van der Waals surface area (Å²) in [6.45, 7) is 2.24. The molecule has 1 aliphatic carbocycles. The Balaban J connectivity index is 1.71. The zero-order valence-corrected chi connectivity index (χ0v) is 14.3. The Hall–Kier alpha value is -1.82. The lowest BCUT2D eigenvalue weighted by atomic mass is 10.3.